The monoisotopic (exact) mass is 547 g/mol. The van der Waals surface area contributed by atoms with E-state index in [-0.39, 0.29) is 43.5 Å². The van der Waals surface area contributed by atoms with Gasteiger partial charge in [-0.15, -0.1) is 0 Å². The Hall–Kier alpha value is -2.86. The lowest BCUT2D eigenvalue weighted by Gasteiger charge is -2.20. The van der Waals surface area contributed by atoms with E-state index in [0.29, 0.717) is 29.9 Å². The van der Waals surface area contributed by atoms with Crippen molar-refractivity contribution >= 4 is 55.0 Å². The number of ether oxygens (including phenoxy) is 1. The summed E-state index contributed by atoms with van der Waals surface area (Å²) in [5, 5.41) is 4.00. The average Bonchev–Trinajstić information content (AvgIpc) is 3.44. The number of hydrogen-bond donors (Lipinski definition) is 2. The summed E-state index contributed by atoms with van der Waals surface area (Å²) in [4.78, 5) is 17.5. The van der Waals surface area contributed by atoms with Crippen molar-refractivity contribution in [1.82, 2.24) is 24.8 Å². The van der Waals surface area contributed by atoms with E-state index in [1.54, 1.807) is 6.07 Å². The fourth-order valence-corrected chi connectivity index (χ4v) is 5.63. The van der Waals surface area contributed by atoms with Gasteiger partial charge in [-0.2, -0.15) is 9.97 Å². The van der Waals surface area contributed by atoms with Crippen LogP contribution in [-0.4, -0.2) is 78.2 Å². The van der Waals surface area contributed by atoms with E-state index >= 15 is 4.39 Å². The molecule has 1 fully saturated rings. The molecule has 1 aliphatic heterocycles. The van der Waals surface area contributed by atoms with Gasteiger partial charge in [0.05, 0.1) is 15.2 Å². The number of likely N-dealkylation sites (tertiary alicyclic amines) is 1. The van der Waals surface area contributed by atoms with Crippen LogP contribution in [0.4, 0.5) is 19.7 Å². The molecule has 2 aromatic carbocycles. The summed E-state index contributed by atoms with van der Waals surface area (Å²) < 4.78 is 36.9. The van der Waals surface area contributed by atoms with E-state index in [1.807, 2.05) is 19.0 Å². The average molecular weight is 548 g/mol. The van der Waals surface area contributed by atoms with Crippen LogP contribution in [0.15, 0.2) is 18.2 Å². The summed E-state index contributed by atoms with van der Waals surface area (Å²) in [5.41, 5.74) is 6.55. The van der Waals surface area contributed by atoms with E-state index in [4.69, 9.17) is 22.1 Å². The molecule has 37 heavy (non-hydrogen) atoms. The Morgan fingerprint density at radius 3 is 2.78 bits per heavy atom. The van der Waals surface area contributed by atoms with E-state index in [0.717, 1.165) is 37.3 Å². The van der Waals surface area contributed by atoms with E-state index in [9.17, 15) is 4.39 Å². The highest BCUT2D eigenvalue weighted by Crippen LogP contribution is 2.42. The molecule has 0 bridgehead atoms. The van der Waals surface area contributed by atoms with Crippen LogP contribution in [0.5, 0.6) is 6.01 Å². The van der Waals surface area contributed by atoms with Gasteiger partial charge in [-0.3, -0.25) is 0 Å². The van der Waals surface area contributed by atoms with Gasteiger partial charge in [0.2, 0.25) is 0 Å². The zero-order valence-corrected chi connectivity index (χ0v) is 22.4. The summed E-state index contributed by atoms with van der Waals surface area (Å²) in [6.45, 7) is 2.72. The third kappa shape index (κ3) is 5.13. The van der Waals surface area contributed by atoms with Gasteiger partial charge in [-0.25, -0.2) is 13.8 Å². The van der Waals surface area contributed by atoms with Crippen molar-refractivity contribution in [3.63, 3.8) is 0 Å². The third-order valence-corrected chi connectivity index (χ3v) is 7.76. The van der Waals surface area contributed by atoms with Gasteiger partial charge in [-0.05, 0) is 58.7 Å². The highest BCUT2D eigenvalue weighted by atomic mass is 35.5. The van der Waals surface area contributed by atoms with Gasteiger partial charge < -0.3 is 25.6 Å². The van der Waals surface area contributed by atoms with Crippen molar-refractivity contribution in [2.24, 2.45) is 0 Å². The first-order valence-electron chi connectivity index (χ1n) is 12.0. The van der Waals surface area contributed by atoms with Crippen molar-refractivity contribution in [1.29, 1.82) is 0 Å². The van der Waals surface area contributed by atoms with Gasteiger partial charge in [0.25, 0.3) is 0 Å². The molecule has 5 rings (SSSR count). The molecule has 8 nitrogen and oxygen atoms in total. The minimum atomic E-state index is -0.664. The van der Waals surface area contributed by atoms with Gasteiger partial charge >= 0.3 is 6.01 Å². The summed E-state index contributed by atoms with van der Waals surface area (Å²) in [7, 11) is 5.98. The van der Waals surface area contributed by atoms with Crippen molar-refractivity contribution in [3.05, 3.63) is 34.9 Å². The largest absolute Gasteiger partial charge is 0.462 e. The molecule has 0 spiro atoms. The molecule has 12 heteroatoms. The number of likely N-dealkylation sites (N-methyl/N-ethyl adjacent to an activating group) is 2. The van der Waals surface area contributed by atoms with Crippen LogP contribution in [0.1, 0.15) is 12.8 Å². The van der Waals surface area contributed by atoms with Crippen LogP contribution in [-0.2, 0) is 0 Å². The molecule has 0 aliphatic carbocycles. The number of thiazole rings is 1. The first-order chi connectivity index (χ1) is 17.7. The summed E-state index contributed by atoms with van der Waals surface area (Å²) in [5.74, 6) is -0.716. The van der Waals surface area contributed by atoms with Gasteiger partial charge in [0.15, 0.2) is 10.9 Å². The van der Waals surface area contributed by atoms with Gasteiger partial charge in [-0.1, -0.05) is 22.9 Å². The quantitative estimate of drug-likeness (QED) is 0.323. The van der Waals surface area contributed by atoms with Crippen molar-refractivity contribution < 1.29 is 13.5 Å². The summed E-state index contributed by atoms with van der Waals surface area (Å²) in [6.07, 6.45) is 2.12. The molecule has 0 radical (unpaired) electrons. The Kier molecular flexibility index (Phi) is 7.30. The second kappa shape index (κ2) is 10.5. The molecular weight excluding hydrogens is 520 g/mol. The zero-order valence-electron chi connectivity index (χ0n) is 20.8. The van der Waals surface area contributed by atoms with E-state index in [2.05, 4.69) is 32.2 Å². The number of benzene rings is 2. The van der Waals surface area contributed by atoms with E-state index in [1.165, 1.54) is 12.1 Å². The van der Waals surface area contributed by atoms with Gasteiger partial charge in [0.1, 0.15) is 23.8 Å². The minimum Gasteiger partial charge on any atom is -0.462 e. The first kappa shape index (κ1) is 25.8. The van der Waals surface area contributed by atoms with E-state index < -0.39 is 11.6 Å². The fourth-order valence-electron chi connectivity index (χ4n) is 4.57. The number of aromatic nitrogens is 3. The molecule has 1 atom stereocenters. The number of nitrogen functional groups attached to an aromatic ring is 1. The number of nitrogens with two attached hydrogens (primary N) is 1. The highest BCUT2D eigenvalue weighted by molar-refractivity contribution is 7.22. The molecule has 2 aromatic heterocycles. The van der Waals surface area contributed by atoms with Crippen LogP contribution < -0.4 is 15.8 Å². The number of rotatable bonds is 8. The Labute approximate surface area is 222 Å². The number of halogens is 3. The number of nitrogens with zero attached hydrogens (tertiary/aromatic N) is 5. The Morgan fingerprint density at radius 2 is 2.05 bits per heavy atom. The Balaban J connectivity index is 1.62. The SMILES string of the molecule is CN(C)CCNc1nc(OCC2CCCN2C)nc2c(F)c(-c3ccc(F)c4sc(N)nc34)c(Cl)cc12. The molecule has 4 aromatic rings. The maximum atomic E-state index is 16.2. The van der Waals surface area contributed by atoms with Crippen LogP contribution in [0.3, 0.4) is 0 Å². The second-order valence-corrected chi connectivity index (χ2v) is 10.9. The third-order valence-electron chi connectivity index (χ3n) is 6.57. The van der Waals surface area contributed by atoms with Crippen LogP contribution >= 0.6 is 22.9 Å². The molecular formula is C25H28ClF2N7OS. The van der Waals surface area contributed by atoms with Crippen molar-refractivity contribution in [3.8, 4) is 17.1 Å². The normalized spacial score (nSPS) is 16.4. The molecule has 1 unspecified atom stereocenters. The maximum absolute atomic E-state index is 16.2. The first-order valence-corrected chi connectivity index (χ1v) is 13.2. The Morgan fingerprint density at radius 1 is 1.24 bits per heavy atom. The standard InChI is InChI=1S/C25H28ClF2N7OS/c1-34(2)10-8-30-23-15-11-16(26)18(14-6-7-17(27)22-21(14)31-24(29)37-22)19(28)20(15)32-25(33-23)36-12-13-5-4-9-35(13)3/h6-7,11,13H,4-5,8-10,12H2,1-3H3,(H2,29,31)(H,30,32,33). The molecule has 1 saturated heterocycles. The summed E-state index contributed by atoms with van der Waals surface area (Å²) >= 11 is 7.63. The molecule has 1 aliphatic rings. The van der Waals surface area contributed by atoms with Crippen LogP contribution in [0, 0.1) is 11.6 Å². The summed E-state index contributed by atoms with van der Waals surface area (Å²) in [6, 6.07) is 4.66. The maximum Gasteiger partial charge on any atom is 0.319 e. The lowest BCUT2D eigenvalue weighted by molar-refractivity contribution is 0.188. The minimum absolute atomic E-state index is 0.0530. The van der Waals surface area contributed by atoms with Crippen molar-refractivity contribution in [2.75, 3.05) is 58.4 Å². The molecule has 3 N–H and O–H groups in total. The van der Waals surface area contributed by atoms with Crippen LogP contribution in [0.2, 0.25) is 5.02 Å². The number of hydrogen-bond acceptors (Lipinski definition) is 9. The number of anilines is 2. The van der Waals surface area contributed by atoms with Gasteiger partial charge in [0, 0.05) is 35.6 Å². The molecule has 0 amide bonds. The topological polar surface area (TPSA) is 92.4 Å². The predicted molar refractivity (Wildman–Crippen MR) is 146 cm³/mol. The second-order valence-electron chi connectivity index (χ2n) is 9.44. The Bertz CT molecular complexity index is 1460. The lowest BCUT2D eigenvalue weighted by atomic mass is 10.0. The highest BCUT2D eigenvalue weighted by Gasteiger charge is 2.25. The van der Waals surface area contributed by atoms with Crippen LogP contribution in [0.25, 0.3) is 32.2 Å². The fraction of sp³-hybridized carbons (Fsp3) is 0.400. The molecule has 0 saturated carbocycles. The zero-order chi connectivity index (χ0) is 26.3. The number of nitrogens with one attached hydrogen (secondary N) is 1. The molecule has 3 heterocycles. The van der Waals surface area contributed by atoms with Crippen molar-refractivity contribution in [2.45, 2.75) is 18.9 Å². The predicted octanol–water partition coefficient (Wildman–Crippen LogP) is 4.87. The lowest BCUT2D eigenvalue weighted by Crippen LogP contribution is -2.31. The smallest absolute Gasteiger partial charge is 0.319 e. The molecule has 196 valence electrons. The number of fused-ring (bicyclic) bond motifs is 2.